The van der Waals surface area contributed by atoms with E-state index in [-0.39, 0.29) is 23.6 Å². The lowest BCUT2D eigenvalue weighted by atomic mass is 9.97. The van der Waals surface area contributed by atoms with Crippen LogP contribution in [-0.2, 0) is 24.2 Å². The number of thiophene rings is 1. The van der Waals surface area contributed by atoms with Crippen LogP contribution in [0.3, 0.4) is 0 Å². The fourth-order valence-electron chi connectivity index (χ4n) is 3.57. The van der Waals surface area contributed by atoms with Crippen LogP contribution in [0.15, 0.2) is 29.1 Å². The summed E-state index contributed by atoms with van der Waals surface area (Å²) in [6.45, 7) is 1.59. The predicted molar refractivity (Wildman–Crippen MR) is 107 cm³/mol. The van der Waals surface area contributed by atoms with Gasteiger partial charge in [0.1, 0.15) is 17.2 Å². The van der Waals surface area contributed by atoms with E-state index in [4.69, 9.17) is 5.11 Å². The Labute approximate surface area is 164 Å². The van der Waals surface area contributed by atoms with E-state index >= 15 is 0 Å². The number of nitrogens with one attached hydrogen (secondary N) is 1. The first-order valence-corrected chi connectivity index (χ1v) is 9.90. The van der Waals surface area contributed by atoms with Gasteiger partial charge in [-0.25, -0.2) is 9.78 Å². The molecule has 2 aromatic heterocycles. The van der Waals surface area contributed by atoms with Crippen molar-refractivity contribution in [3.8, 4) is 0 Å². The molecule has 1 amide bonds. The molecule has 0 saturated carbocycles. The third-order valence-corrected chi connectivity index (χ3v) is 6.17. The van der Waals surface area contributed by atoms with Gasteiger partial charge in [0.15, 0.2) is 0 Å². The molecule has 0 unspecified atom stereocenters. The molecule has 2 heterocycles. The second-order valence-electron chi connectivity index (χ2n) is 6.87. The summed E-state index contributed by atoms with van der Waals surface area (Å²) in [4.78, 5) is 43.0. The van der Waals surface area contributed by atoms with Gasteiger partial charge < -0.3 is 10.4 Å². The van der Waals surface area contributed by atoms with Gasteiger partial charge in [-0.05, 0) is 62.4 Å². The average molecular weight is 397 g/mol. The zero-order chi connectivity index (χ0) is 19.8. The number of nitrogens with zero attached hydrogens (tertiary/aromatic N) is 2. The molecule has 0 aliphatic heterocycles. The Bertz CT molecular complexity index is 1140. The SMILES string of the molecule is Cc1nc2sc3c(c2c(=O)n1CC(=O)Nc1ccc(C(=O)O)cc1)CCCC3. The number of carbonyl (C=O) groups excluding carboxylic acids is 1. The van der Waals surface area contributed by atoms with Crippen LogP contribution in [0.4, 0.5) is 5.69 Å². The van der Waals surface area contributed by atoms with Gasteiger partial charge in [-0.3, -0.25) is 14.2 Å². The van der Waals surface area contributed by atoms with Crippen LogP contribution in [0.25, 0.3) is 10.2 Å². The van der Waals surface area contributed by atoms with E-state index < -0.39 is 5.97 Å². The van der Waals surface area contributed by atoms with Gasteiger partial charge in [-0.1, -0.05) is 0 Å². The van der Waals surface area contributed by atoms with E-state index in [0.717, 1.165) is 36.1 Å². The summed E-state index contributed by atoms with van der Waals surface area (Å²) in [5.41, 5.74) is 1.55. The van der Waals surface area contributed by atoms with Gasteiger partial charge >= 0.3 is 5.97 Å². The fourth-order valence-corrected chi connectivity index (χ4v) is 4.86. The number of carboxylic acid groups (broad SMARTS) is 1. The fraction of sp³-hybridized carbons (Fsp3) is 0.300. The summed E-state index contributed by atoms with van der Waals surface area (Å²) in [5.74, 6) is -0.885. The number of aryl methyl sites for hydroxylation is 3. The number of amides is 1. The molecule has 1 aromatic carbocycles. The van der Waals surface area contributed by atoms with Crippen molar-refractivity contribution in [3.05, 3.63) is 56.4 Å². The molecule has 8 heteroatoms. The molecular weight excluding hydrogens is 378 g/mol. The molecule has 7 nitrogen and oxygen atoms in total. The van der Waals surface area contributed by atoms with Crippen molar-refractivity contribution in [1.29, 1.82) is 0 Å². The van der Waals surface area contributed by atoms with E-state index in [0.29, 0.717) is 16.9 Å². The summed E-state index contributed by atoms with van der Waals surface area (Å²) in [7, 11) is 0. The lowest BCUT2D eigenvalue weighted by Crippen LogP contribution is -2.30. The first-order chi connectivity index (χ1) is 13.4. The van der Waals surface area contributed by atoms with E-state index in [1.807, 2.05) is 0 Å². The Hall–Kier alpha value is -3.00. The molecule has 3 aromatic rings. The number of hydrogen-bond donors (Lipinski definition) is 2. The normalized spacial score (nSPS) is 13.3. The molecule has 1 aliphatic carbocycles. The highest BCUT2D eigenvalue weighted by molar-refractivity contribution is 7.18. The van der Waals surface area contributed by atoms with E-state index in [2.05, 4.69) is 10.3 Å². The van der Waals surface area contributed by atoms with E-state index in [9.17, 15) is 14.4 Å². The van der Waals surface area contributed by atoms with Crippen molar-refractivity contribution < 1.29 is 14.7 Å². The average Bonchev–Trinajstić information content (AvgIpc) is 3.03. The van der Waals surface area contributed by atoms with Crippen molar-refractivity contribution >= 4 is 39.1 Å². The third kappa shape index (κ3) is 3.31. The van der Waals surface area contributed by atoms with Crippen LogP contribution in [0.2, 0.25) is 0 Å². The van der Waals surface area contributed by atoms with Gasteiger partial charge in [-0.2, -0.15) is 0 Å². The summed E-state index contributed by atoms with van der Waals surface area (Å²) in [5, 5.41) is 12.3. The Balaban J connectivity index is 1.61. The van der Waals surface area contributed by atoms with E-state index in [1.165, 1.54) is 33.7 Å². The Kier molecular flexibility index (Phi) is 4.72. The summed E-state index contributed by atoms with van der Waals surface area (Å²) in [6.07, 6.45) is 4.08. The number of fused-ring (bicyclic) bond motifs is 3. The Morgan fingerprint density at radius 2 is 1.93 bits per heavy atom. The van der Waals surface area contributed by atoms with Crippen LogP contribution < -0.4 is 10.9 Å². The number of carbonyl (C=O) groups is 2. The highest BCUT2D eigenvalue weighted by Gasteiger charge is 2.21. The van der Waals surface area contributed by atoms with Crippen LogP contribution in [0.5, 0.6) is 0 Å². The van der Waals surface area contributed by atoms with Gasteiger partial charge in [0, 0.05) is 10.6 Å². The van der Waals surface area contributed by atoms with Crippen LogP contribution in [0.1, 0.15) is 39.5 Å². The standard InChI is InChI=1S/C20H19N3O4S/c1-11-21-18-17(14-4-2-3-5-15(14)28-18)19(25)23(11)10-16(24)22-13-8-6-12(7-9-13)20(26)27/h6-9H,2-5,10H2,1H3,(H,22,24)(H,26,27). The smallest absolute Gasteiger partial charge is 0.335 e. The lowest BCUT2D eigenvalue weighted by molar-refractivity contribution is -0.116. The topological polar surface area (TPSA) is 101 Å². The maximum absolute atomic E-state index is 13.1. The summed E-state index contributed by atoms with van der Waals surface area (Å²) < 4.78 is 1.41. The minimum Gasteiger partial charge on any atom is -0.478 e. The molecular formula is C20H19N3O4S. The maximum atomic E-state index is 13.1. The quantitative estimate of drug-likeness (QED) is 0.705. The highest BCUT2D eigenvalue weighted by Crippen LogP contribution is 2.33. The molecule has 0 radical (unpaired) electrons. The molecule has 0 atom stereocenters. The Morgan fingerprint density at radius 1 is 1.21 bits per heavy atom. The molecule has 144 valence electrons. The summed E-state index contributed by atoms with van der Waals surface area (Å²) >= 11 is 1.59. The molecule has 0 saturated heterocycles. The second kappa shape index (κ2) is 7.20. The number of benzene rings is 1. The van der Waals surface area contributed by atoms with E-state index in [1.54, 1.807) is 18.3 Å². The van der Waals surface area contributed by atoms with Crippen molar-refractivity contribution in [2.24, 2.45) is 0 Å². The van der Waals surface area contributed by atoms with Crippen molar-refractivity contribution in [2.75, 3.05) is 5.32 Å². The van der Waals surface area contributed by atoms with Crippen molar-refractivity contribution in [3.63, 3.8) is 0 Å². The van der Waals surface area contributed by atoms with Gasteiger partial charge in [0.05, 0.1) is 10.9 Å². The monoisotopic (exact) mass is 397 g/mol. The molecule has 0 spiro atoms. The Morgan fingerprint density at radius 3 is 2.64 bits per heavy atom. The van der Waals surface area contributed by atoms with Gasteiger partial charge in [0.2, 0.25) is 5.91 Å². The first kappa shape index (κ1) is 18.4. The molecule has 2 N–H and O–H groups in total. The number of anilines is 1. The molecule has 0 bridgehead atoms. The van der Waals surface area contributed by atoms with Crippen molar-refractivity contribution in [2.45, 2.75) is 39.2 Å². The van der Waals surface area contributed by atoms with Crippen LogP contribution >= 0.6 is 11.3 Å². The number of hydrogen-bond acceptors (Lipinski definition) is 5. The summed E-state index contributed by atoms with van der Waals surface area (Å²) in [6, 6.07) is 5.88. The number of aromatic carboxylic acids is 1. The molecule has 28 heavy (non-hydrogen) atoms. The maximum Gasteiger partial charge on any atom is 0.335 e. The highest BCUT2D eigenvalue weighted by atomic mass is 32.1. The molecule has 0 fully saturated rings. The molecule has 1 aliphatic rings. The largest absolute Gasteiger partial charge is 0.478 e. The second-order valence-corrected chi connectivity index (χ2v) is 7.96. The minimum absolute atomic E-state index is 0.140. The van der Waals surface area contributed by atoms with Crippen molar-refractivity contribution in [1.82, 2.24) is 9.55 Å². The minimum atomic E-state index is -1.03. The van der Waals surface area contributed by atoms with Gasteiger partial charge in [-0.15, -0.1) is 11.3 Å². The van der Waals surface area contributed by atoms with Gasteiger partial charge in [0.25, 0.3) is 5.56 Å². The lowest BCUT2D eigenvalue weighted by Gasteiger charge is -2.12. The first-order valence-electron chi connectivity index (χ1n) is 9.09. The third-order valence-electron chi connectivity index (χ3n) is 4.98. The number of carboxylic acids is 1. The van der Waals surface area contributed by atoms with Crippen LogP contribution in [-0.4, -0.2) is 26.5 Å². The zero-order valence-electron chi connectivity index (χ0n) is 15.3. The zero-order valence-corrected chi connectivity index (χ0v) is 16.1. The van der Waals surface area contributed by atoms with Crippen LogP contribution in [0, 0.1) is 6.92 Å². The predicted octanol–water partition coefficient (Wildman–Crippen LogP) is 2.98. The molecule has 4 rings (SSSR count). The number of aromatic nitrogens is 2. The number of rotatable bonds is 4.